The summed E-state index contributed by atoms with van der Waals surface area (Å²) < 4.78 is 3.24. The number of nitrogens with one attached hydrogen (secondary N) is 1. The van der Waals surface area contributed by atoms with Crippen molar-refractivity contribution in [3.05, 3.63) is 113 Å². The van der Waals surface area contributed by atoms with Gasteiger partial charge in [0.2, 0.25) is 5.91 Å². The van der Waals surface area contributed by atoms with Gasteiger partial charge in [0.25, 0.3) is 5.56 Å². The van der Waals surface area contributed by atoms with E-state index in [1.807, 2.05) is 54.6 Å². The lowest BCUT2D eigenvalue weighted by Crippen LogP contribution is -2.26. The van der Waals surface area contributed by atoms with Gasteiger partial charge in [-0.2, -0.15) is 5.10 Å². The van der Waals surface area contributed by atoms with Gasteiger partial charge in [0, 0.05) is 12.6 Å². The van der Waals surface area contributed by atoms with Crippen LogP contribution in [0.25, 0.3) is 27.9 Å². The van der Waals surface area contributed by atoms with Gasteiger partial charge in [0.1, 0.15) is 11.7 Å². The first-order valence-electron chi connectivity index (χ1n) is 11.1. The summed E-state index contributed by atoms with van der Waals surface area (Å²) in [5.41, 5.74) is 2.38. The summed E-state index contributed by atoms with van der Waals surface area (Å²) in [7, 11) is 0. The molecule has 0 aliphatic rings. The summed E-state index contributed by atoms with van der Waals surface area (Å²) in [4.78, 5) is 29.6. The Bertz CT molecular complexity index is 1540. The normalized spacial score (nSPS) is 11.4. The molecule has 0 saturated carbocycles. The number of nitrogens with zero attached hydrogens (tertiary/aromatic N) is 4. The number of aromatic nitrogens is 4. The number of rotatable bonds is 7. The quantitative estimate of drug-likeness (QED) is 0.385. The fraction of sp³-hybridized carbons (Fsp3) is 0.111. The van der Waals surface area contributed by atoms with E-state index < -0.39 is 0 Å². The molecule has 1 N–H and O–H groups in total. The van der Waals surface area contributed by atoms with Crippen LogP contribution in [-0.4, -0.2) is 31.8 Å². The highest BCUT2D eigenvalue weighted by molar-refractivity contribution is 5.91. The second-order valence-electron chi connectivity index (χ2n) is 7.96. The first-order chi connectivity index (χ1) is 16.7. The first kappa shape index (κ1) is 21.3. The van der Waals surface area contributed by atoms with Gasteiger partial charge in [-0.15, -0.1) is 0 Å². The summed E-state index contributed by atoms with van der Waals surface area (Å²) in [6, 6.07) is 23.8. The smallest absolute Gasteiger partial charge is 0.264 e. The molecule has 0 radical (unpaired) electrons. The van der Waals surface area contributed by atoms with Gasteiger partial charge in [0.05, 0.1) is 19.3 Å². The zero-order valence-electron chi connectivity index (χ0n) is 18.5. The molecule has 34 heavy (non-hydrogen) atoms. The Kier molecular flexibility index (Phi) is 5.99. The fourth-order valence-electron chi connectivity index (χ4n) is 3.97. The third-order valence-corrected chi connectivity index (χ3v) is 5.69. The summed E-state index contributed by atoms with van der Waals surface area (Å²) in [5.74, 6) is -0.189. The van der Waals surface area contributed by atoms with Crippen molar-refractivity contribution in [1.29, 1.82) is 0 Å². The van der Waals surface area contributed by atoms with Crippen LogP contribution >= 0.6 is 0 Å². The molecule has 0 bridgehead atoms. The molecule has 2 aromatic heterocycles. The highest BCUT2D eigenvalue weighted by Crippen LogP contribution is 2.19. The highest BCUT2D eigenvalue weighted by atomic mass is 16.1. The molecule has 0 spiro atoms. The average molecular weight is 450 g/mol. The molecule has 3 aromatic carbocycles. The van der Waals surface area contributed by atoms with Crippen molar-refractivity contribution in [1.82, 2.24) is 24.6 Å². The number of carbonyl (C=O) groups excluding carboxylic acids is 1. The molecule has 0 fully saturated rings. The fourth-order valence-corrected chi connectivity index (χ4v) is 3.97. The molecular weight excluding hydrogens is 426 g/mol. The maximum atomic E-state index is 13.1. The predicted molar refractivity (Wildman–Crippen MR) is 133 cm³/mol. The zero-order chi connectivity index (χ0) is 23.3. The van der Waals surface area contributed by atoms with Gasteiger partial charge < -0.3 is 5.32 Å². The number of benzene rings is 3. The molecule has 0 unspecified atom stereocenters. The van der Waals surface area contributed by atoms with Crippen molar-refractivity contribution in [2.75, 3.05) is 6.54 Å². The topological polar surface area (TPSA) is 81.8 Å². The van der Waals surface area contributed by atoms with E-state index in [-0.39, 0.29) is 11.5 Å². The van der Waals surface area contributed by atoms with Gasteiger partial charge in [-0.25, -0.2) is 9.67 Å². The molecule has 5 aromatic rings. The molecule has 7 nitrogen and oxygen atoms in total. The Morgan fingerprint density at radius 2 is 1.74 bits per heavy atom. The van der Waals surface area contributed by atoms with Gasteiger partial charge >= 0.3 is 0 Å². The maximum absolute atomic E-state index is 13.1. The van der Waals surface area contributed by atoms with Crippen LogP contribution in [0.2, 0.25) is 0 Å². The monoisotopic (exact) mass is 449 g/mol. The number of amides is 1. The standard InChI is InChI=1S/C27H23N5O2/c33-25(14-13-20-7-2-1-3-8-20)28-15-16-32-26-24(17-30-32)27(34)31(19-29-26)18-22-11-6-10-21-9-4-5-12-23(21)22/h1-14,17,19H,15-16,18H2,(H,28,33)/b14-13-. The maximum Gasteiger partial charge on any atom is 0.264 e. The van der Waals surface area contributed by atoms with Crippen LogP contribution in [0, 0.1) is 0 Å². The Balaban J connectivity index is 1.28. The summed E-state index contributed by atoms with van der Waals surface area (Å²) in [6.07, 6.45) is 6.37. The zero-order valence-corrected chi connectivity index (χ0v) is 18.5. The highest BCUT2D eigenvalue weighted by Gasteiger charge is 2.11. The number of fused-ring (bicyclic) bond motifs is 2. The van der Waals surface area contributed by atoms with Crippen molar-refractivity contribution in [3.8, 4) is 0 Å². The second kappa shape index (κ2) is 9.54. The van der Waals surface area contributed by atoms with E-state index in [4.69, 9.17) is 0 Å². The predicted octanol–water partition coefficient (Wildman–Crippen LogP) is 3.62. The minimum Gasteiger partial charge on any atom is -0.351 e. The van der Waals surface area contributed by atoms with Gasteiger partial charge in [-0.05, 0) is 28.0 Å². The van der Waals surface area contributed by atoms with Crippen molar-refractivity contribution in [2.24, 2.45) is 0 Å². The van der Waals surface area contributed by atoms with Crippen molar-refractivity contribution >= 4 is 33.8 Å². The lowest BCUT2D eigenvalue weighted by Gasteiger charge is -2.09. The van der Waals surface area contributed by atoms with Crippen LogP contribution in [-0.2, 0) is 17.9 Å². The lowest BCUT2D eigenvalue weighted by atomic mass is 10.0. The van der Waals surface area contributed by atoms with Gasteiger partial charge in [0.15, 0.2) is 5.65 Å². The Labute approximate surface area is 196 Å². The van der Waals surface area contributed by atoms with Crippen LogP contribution in [0.3, 0.4) is 0 Å². The Hall–Kier alpha value is -4.52. The molecule has 0 saturated heterocycles. The number of hydrogen-bond acceptors (Lipinski definition) is 4. The third-order valence-electron chi connectivity index (χ3n) is 5.69. The van der Waals surface area contributed by atoms with Crippen molar-refractivity contribution in [2.45, 2.75) is 13.1 Å². The van der Waals surface area contributed by atoms with Crippen molar-refractivity contribution < 1.29 is 4.79 Å². The van der Waals surface area contributed by atoms with Gasteiger partial charge in [-0.3, -0.25) is 14.2 Å². The molecule has 168 valence electrons. The Morgan fingerprint density at radius 3 is 2.62 bits per heavy atom. The van der Waals surface area contributed by atoms with Crippen molar-refractivity contribution in [3.63, 3.8) is 0 Å². The van der Waals surface area contributed by atoms with Crippen LogP contribution in [0.5, 0.6) is 0 Å². The molecule has 2 heterocycles. The van der Waals surface area contributed by atoms with Crippen LogP contribution in [0.4, 0.5) is 0 Å². The Morgan fingerprint density at radius 1 is 0.941 bits per heavy atom. The minimum absolute atomic E-state index is 0.140. The van der Waals surface area contributed by atoms with E-state index in [2.05, 4.69) is 33.6 Å². The van der Waals surface area contributed by atoms with E-state index in [1.165, 1.54) is 6.08 Å². The molecule has 0 atom stereocenters. The average Bonchev–Trinajstić information content (AvgIpc) is 3.29. The van der Waals surface area contributed by atoms with E-state index in [9.17, 15) is 9.59 Å². The summed E-state index contributed by atoms with van der Waals surface area (Å²) in [5, 5.41) is 9.86. The lowest BCUT2D eigenvalue weighted by molar-refractivity contribution is -0.116. The van der Waals surface area contributed by atoms with Crippen LogP contribution < -0.4 is 10.9 Å². The minimum atomic E-state index is -0.189. The molecule has 0 aliphatic heterocycles. The largest absolute Gasteiger partial charge is 0.351 e. The van der Waals surface area contributed by atoms with E-state index in [0.717, 1.165) is 21.9 Å². The first-order valence-corrected chi connectivity index (χ1v) is 11.1. The molecule has 7 heteroatoms. The van der Waals surface area contributed by atoms with E-state index >= 15 is 0 Å². The van der Waals surface area contributed by atoms with Crippen LogP contribution in [0.15, 0.2) is 96.2 Å². The molecule has 1 amide bonds. The molecular formula is C27H23N5O2. The number of carbonyl (C=O) groups is 1. The summed E-state index contributed by atoms with van der Waals surface area (Å²) >= 11 is 0. The number of hydrogen-bond donors (Lipinski definition) is 1. The third kappa shape index (κ3) is 4.49. The van der Waals surface area contributed by atoms with E-state index in [1.54, 1.807) is 27.8 Å². The van der Waals surface area contributed by atoms with Gasteiger partial charge in [-0.1, -0.05) is 72.8 Å². The van der Waals surface area contributed by atoms with Crippen LogP contribution in [0.1, 0.15) is 11.1 Å². The van der Waals surface area contributed by atoms with E-state index in [0.29, 0.717) is 30.7 Å². The summed E-state index contributed by atoms with van der Waals surface area (Å²) in [6.45, 7) is 1.21. The molecule has 5 rings (SSSR count). The second-order valence-corrected chi connectivity index (χ2v) is 7.96. The molecule has 0 aliphatic carbocycles. The SMILES string of the molecule is O=C(/C=C\c1ccccc1)NCCn1ncc2c(=O)n(Cc3cccc4ccccc34)cnc21.